The Bertz CT molecular complexity index is 1100. The molecular weight excluding hydrogens is 340 g/mol. The molecule has 0 fully saturated rings. The predicted molar refractivity (Wildman–Crippen MR) is 104 cm³/mol. The number of aromatic nitrogens is 3. The maximum Gasteiger partial charge on any atom is 0.228 e. The summed E-state index contributed by atoms with van der Waals surface area (Å²) in [5, 5.41) is 8.12. The highest BCUT2D eigenvalue weighted by atomic mass is 16.3. The predicted octanol–water partition coefficient (Wildman–Crippen LogP) is 3.87. The highest BCUT2D eigenvalue weighted by molar-refractivity contribution is 5.96. The summed E-state index contributed by atoms with van der Waals surface area (Å²) < 4.78 is 7.43. The highest BCUT2D eigenvalue weighted by Crippen LogP contribution is 2.27. The average molecular weight is 360 g/mol. The number of carbonyl (C=O) groups is 1. The fourth-order valence-corrected chi connectivity index (χ4v) is 3.16. The van der Waals surface area contributed by atoms with Gasteiger partial charge < -0.3 is 9.73 Å². The molecule has 0 aliphatic carbocycles. The molecule has 0 bridgehead atoms. The van der Waals surface area contributed by atoms with Crippen LogP contribution in [0.4, 0.5) is 5.69 Å². The quantitative estimate of drug-likeness (QED) is 0.586. The molecule has 1 amide bonds. The lowest BCUT2D eigenvalue weighted by Gasteiger charge is -2.11. The van der Waals surface area contributed by atoms with E-state index in [9.17, 15) is 4.79 Å². The van der Waals surface area contributed by atoms with Crippen LogP contribution in [-0.2, 0) is 17.8 Å². The minimum atomic E-state index is -0.0815. The van der Waals surface area contributed by atoms with Gasteiger partial charge >= 0.3 is 0 Å². The Morgan fingerprint density at radius 2 is 2.00 bits per heavy atom. The molecular formula is C21H20N4O2. The van der Waals surface area contributed by atoms with Crippen LogP contribution in [0.2, 0.25) is 0 Å². The molecule has 0 atom stereocenters. The molecule has 136 valence electrons. The maximum absolute atomic E-state index is 12.6. The summed E-state index contributed by atoms with van der Waals surface area (Å²) >= 11 is 0. The van der Waals surface area contributed by atoms with Gasteiger partial charge in [-0.05, 0) is 36.6 Å². The van der Waals surface area contributed by atoms with E-state index in [4.69, 9.17) is 4.42 Å². The summed E-state index contributed by atoms with van der Waals surface area (Å²) in [6.07, 6.45) is 5.08. The van der Waals surface area contributed by atoms with Crippen molar-refractivity contribution in [3.63, 3.8) is 0 Å². The third kappa shape index (κ3) is 3.46. The molecule has 6 nitrogen and oxygen atoms in total. The van der Waals surface area contributed by atoms with Crippen LogP contribution >= 0.6 is 0 Å². The summed E-state index contributed by atoms with van der Waals surface area (Å²) in [5.74, 6) is -0.0815. The first-order valence-corrected chi connectivity index (χ1v) is 8.78. The van der Waals surface area contributed by atoms with E-state index in [2.05, 4.69) is 28.4 Å². The maximum atomic E-state index is 12.6. The topological polar surface area (TPSA) is 73.0 Å². The largest absolute Gasteiger partial charge is 0.464 e. The first-order chi connectivity index (χ1) is 13.1. The van der Waals surface area contributed by atoms with Crippen molar-refractivity contribution in [3.8, 4) is 0 Å². The number of benzene rings is 2. The van der Waals surface area contributed by atoms with Crippen LogP contribution in [0.25, 0.3) is 11.0 Å². The van der Waals surface area contributed by atoms with Gasteiger partial charge in [-0.15, -0.1) is 0 Å². The van der Waals surface area contributed by atoms with E-state index in [1.54, 1.807) is 17.3 Å². The van der Waals surface area contributed by atoms with Crippen LogP contribution in [-0.4, -0.2) is 20.7 Å². The molecule has 0 saturated heterocycles. The Balaban J connectivity index is 1.53. The van der Waals surface area contributed by atoms with Gasteiger partial charge in [0.25, 0.3) is 0 Å². The van der Waals surface area contributed by atoms with Gasteiger partial charge in [0.15, 0.2) is 0 Å². The Labute approximate surface area is 156 Å². The average Bonchev–Trinajstić information content (AvgIpc) is 3.30. The summed E-state index contributed by atoms with van der Waals surface area (Å²) in [7, 11) is 0. The number of nitrogens with zero attached hydrogens (tertiary/aromatic N) is 3. The summed E-state index contributed by atoms with van der Waals surface area (Å²) in [4.78, 5) is 16.6. The van der Waals surface area contributed by atoms with E-state index in [1.165, 1.54) is 11.9 Å². The number of anilines is 1. The number of fused-ring (bicyclic) bond motifs is 1. The Morgan fingerprint density at radius 3 is 2.81 bits per heavy atom. The first kappa shape index (κ1) is 17.0. The van der Waals surface area contributed by atoms with Crippen LogP contribution in [0.1, 0.15) is 22.3 Å². The lowest BCUT2D eigenvalue weighted by Crippen LogP contribution is -2.16. The lowest BCUT2D eigenvalue weighted by atomic mass is 10.0. The normalized spacial score (nSPS) is 11.0. The second-order valence-corrected chi connectivity index (χ2v) is 6.62. The fraction of sp³-hybridized carbons (Fsp3) is 0.190. The Morgan fingerprint density at radius 1 is 1.15 bits per heavy atom. The minimum absolute atomic E-state index is 0.0815. The van der Waals surface area contributed by atoms with Crippen molar-refractivity contribution in [2.75, 3.05) is 5.32 Å². The van der Waals surface area contributed by atoms with E-state index in [0.717, 1.165) is 33.3 Å². The van der Waals surface area contributed by atoms with Crippen molar-refractivity contribution in [1.29, 1.82) is 0 Å². The highest BCUT2D eigenvalue weighted by Gasteiger charge is 2.14. The number of hydrogen-bond acceptors (Lipinski definition) is 4. The minimum Gasteiger partial charge on any atom is -0.464 e. The van der Waals surface area contributed by atoms with E-state index < -0.39 is 0 Å². The van der Waals surface area contributed by atoms with Crippen LogP contribution in [0.5, 0.6) is 0 Å². The summed E-state index contributed by atoms with van der Waals surface area (Å²) in [6, 6.07) is 11.8. The SMILES string of the molecule is Cc1ccc2c(CC(=O)Nc3ccccc3Cn3cncn3)coc2c1C. The zero-order valence-corrected chi connectivity index (χ0v) is 15.3. The standard InChI is InChI=1S/C21H20N4O2/c1-14-7-8-18-17(11-27-21(18)15(14)2)9-20(26)24-19-6-4-3-5-16(19)10-25-13-22-12-23-25/h3-8,11-13H,9-10H2,1-2H3,(H,24,26). The summed E-state index contributed by atoms with van der Waals surface area (Å²) in [6.45, 7) is 4.63. The molecule has 27 heavy (non-hydrogen) atoms. The van der Waals surface area contributed by atoms with Gasteiger partial charge in [0, 0.05) is 16.6 Å². The zero-order valence-electron chi connectivity index (χ0n) is 15.3. The molecule has 1 N–H and O–H groups in total. The number of amides is 1. The first-order valence-electron chi connectivity index (χ1n) is 8.78. The van der Waals surface area contributed by atoms with Crippen LogP contribution < -0.4 is 5.32 Å². The molecule has 0 aliphatic rings. The number of hydrogen-bond donors (Lipinski definition) is 1. The molecule has 2 aromatic heterocycles. The van der Waals surface area contributed by atoms with Crippen molar-refractivity contribution in [2.45, 2.75) is 26.8 Å². The van der Waals surface area contributed by atoms with Gasteiger partial charge in [0.2, 0.25) is 5.91 Å². The van der Waals surface area contributed by atoms with E-state index in [-0.39, 0.29) is 12.3 Å². The van der Waals surface area contributed by atoms with E-state index in [1.807, 2.05) is 37.3 Å². The van der Waals surface area contributed by atoms with E-state index in [0.29, 0.717) is 6.54 Å². The second kappa shape index (κ2) is 7.07. The number of carbonyl (C=O) groups excluding carboxylic acids is 1. The van der Waals surface area contributed by atoms with Gasteiger partial charge in [-0.25, -0.2) is 9.67 Å². The number of para-hydroxylation sites is 1. The second-order valence-electron chi connectivity index (χ2n) is 6.62. The Hall–Kier alpha value is -3.41. The van der Waals surface area contributed by atoms with Gasteiger partial charge in [0.1, 0.15) is 18.2 Å². The molecule has 0 saturated carbocycles. The van der Waals surface area contributed by atoms with Crippen molar-refractivity contribution in [2.24, 2.45) is 0 Å². The summed E-state index contributed by atoms with van der Waals surface area (Å²) in [5.41, 5.74) is 5.77. The third-order valence-corrected chi connectivity index (χ3v) is 4.78. The van der Waals surface area contributed by atoms with Gasteiger partial charge in [-0.3, -0.25) is 4.79 Å². The molecule has 0 spiro atoms. The molecule has 2 aromatic carbocycles. The molecule has 4 aromatic rings. The molecule has 2 heterocycles. The van der Waals surface area contributed by atoms with Crippen LogP contribution in [0.3, 0.4) is 0 Å². The van der Waals surface area contributed by atoms with Crippen molar-refractivity contribution in [1.82, 2.24) is 14.8 Å². The van der Waals surface area contributed by atoms with Gasteiger partial charge in [-0.2, -0.15) is 5.10 Å². The zero-order chi connectivity index (χ0) is 18.8. The monoisotopic (exact) mass is 360 g/mol. The van der Waals surface area contributed by atoms with Gasteiger partial charge in [0.05, 0.1) is 19.2 Å². The third-order valence-electron chi connectivity index (χ3n) is 4.78. The number of furan rings is 1. The number of aryl methyl sites for hydroxylation is 2. The van der Waals surface area contributed by atoms with Crippen LogP contribution in [0.15, 0.2) is 59.7 Å². The molecule has 0 radical (unpaired) electrons. The fourth-order valence-electron chi connectivity index (χ4n) is 3.16. The number of rotatable bonds is 5. The van der Waals surface area contributed by atoms with Crippen molar-refractivity contribution >= 4 is 22.6 Å². The van der Waals surface area contributed by atoms with Crippen molar-refractivity contribution < 1.29 is 9.21 Å². The van der Waals surface area contributed by atoms with Crippen molar-refractivity contribution in [3.05, 3.63) is 77.6 Å². The smallest absolute Gasteiger partial charge is 0.228 e. The lowest BCUT2D eigenvalue weighted by molar-refractivity contribution is -0.115. The molecule has 0 unspecified atom stereocenters. The molecule has 4 rings (SSSR count). The molecule has 0 aliphatic heterocycles. The number of nitrogens with one attached hydrogen (secondary N) is 1. The Kier molecular flexibility index (Phi) is 4.46. The van der Waals surface area contributed by atoms with E-state index >= 15 is 0 Å². The van der Waals surface area contributed by atoms with Crippen LogP contribution in [0, 0.1) is 13.8 Å². The molecule has 6 heteroatoms. The van der Waals surface area contributed by atoms with Gasteiger partial charge in [-0.1, -0.05) is 30.3 Å².